The van der Waals surface area contributed by atoms with E-state index in [1.165, 1.54) is 0 Å². The molecule has 34 heavy (non-hydrogen) atoms. The van der Waals surface area contributed by atoms with Crippen LogP contribution in [0.1, 0.15) is 51.7 Å². The normalized spacial score (nSPS) is 14.5. The molecule has 1 saturated heterocycles. The summed E-state index contributed by atoms with van der Waals surface area (Å²) in [5, 5.41) is 7.48. The number of rotatable bonds is 6. The first-order valence-corrected chi connectivity index (χ1v) is 11.9. The molecule has 0 spiro atoms. The van der Waals surface area contributed by atoms with Crippen molar-refractivity contribution in [2.24, 2.45) is 0 Å². The molecular weight excluding hydrogens is 458 g/mol. The van der Waals surface area contributed by atoms with Gasteiger partial charge in [-0.1, -0.05) is 17.3 Å². The molecule has 0 bridgehead atoms. The Kier molecular flexibility index (Phi) is 6.06. The summed E-state index contributed by atoms with van der Waals surface area (Å²) in [6.45, 7) is 3.23. The second-order valence-electron chi connectivity index (χ2n) is 7.92. The van der Waals surface area contributed by atoms with Crippen molar-refractivity contribution in [2.45, 2.75) is 25.7 Å². The Morgan fingerprint density at radius 1 is 1.24 bits per heavy atom. The largest absolute Gasteiger partial charge is 0.493 e. The van der Waals surface area contributed by atoms with E-state index in [9.17, 15) is 9.59 Å². The van der Waals surface area contributed by atoms with Gasteiger partial charge < -0.3 is 23.3 Å². The lowest BCUT2D eigenvalue weighted by atomic mass is 9.97. The molecule has 0 aliphatic carbocycles. The molecular formula is C24H23N3O6S. The number of fused-ring (bicyclic) bond motifs is 1. The highest BCUT2D eigenvalue weighted by Gasteiger charge is 2.28. The summed E-state index contributed by atoms with van der Waals surface area (Å²) in [6.07, 6.45) is 1.60. The summed E-state index contributed by atoms with van der Waals surface area (Å²) in [5.41, 5.74) is 1.34. The molecule has 4 heterocycles. The molecule has 0 radical (unpaired) electrons. The van der Waals surface area contributed by atoms with Crippen LogP contribution in [0.25, 0.3) is 22.4 Å². The van der Waals surface area contributed by atoms with Crippen LogP contribution in [0.5, 0.6) is 5.75 Å². The number of hydrogen-bond donors (Lipinski definition) is 0. The van der Waals surface area contributed by atoms with Gasteiger partial charge in [0.15, 0.2) is 28.5 Å². The number of carbonyl (C=O) groups excluding carboxylic acids is 2. The molecule has 0 atom stereocenters. The summed E-state index contributed by atoms with van der Waals surface area (Å²) < 4.78 is 21.4. The Morgan fingerprint density at radius 3 is 2.82 bits per heavy atom. The summed E-state index contributed by atoms with van der Waals surface area (Å²) >= 11 is 1.54. The van der Waals surface area contributed by atoms with Gasteiger partial charge in [-0.05, 0) is 31.9 Å². The molecule has 1 aliphatic heterocycles. The molecule has 0 unspecified atom stereocenters. The van der Waals surface area contributed by atoms with Crippen LogP contribution in [0, 0.1) is 0 Å². The van der Waals surface area contributed by atoms with E-state index < -0.39 is 5.97 Å². The maximum absolute atomic E-state index is 13.0. The van der Waals surface area contributed by atoms with E-state index in [-0.39, 0.29) is 24.1 Å². The Hall–Kier alpha value is -3.66. The zero-order valence-corrected chi connectivity index (χ0v) is 19.6. The number of carbonyl (C=O) groups is 2. The fourth-order valence-electron chi connectivity index (χ4n) is 4.07. The molecule has 4 aromatic rings. The number of likely N-dealkylation sites (tertiary alicyclic amines) is 1. The van der Waals surface area contributed by atoms with E-state index in [1.807, 2.05) is 28.5 Å². The van der Waals surface area contributed by atoms with Crippen molar-refractivity contribution in [3.8, 4) is 17.2 Å². The van der Waals surface area contributed by atoms with E-state index in [0.29, 0.717) is 41.6 Å². The number of hydrogen-bond acceptors (Lipinski definition) is 9. The van der Waals surface area contributed by atoms with Crippen LogP contribution in [-0.4, -0.2) is 53.7 Å². The second-order valence-corrected chi connectivity index (χ2v) is 8.81. The number of nitrogens with zero attached hydrogens (tertiary/aromatic N) is 3. The van der Waals surface area contributed by atoms with Gasteiger partial charge in [-0.2, -0.15) is 0 Å². The average Bonchev–Trinajstić information content (AvgIpc) is 3.62. The van der Waals surface area contributed by atoms with Gasteiger partial charge in [0.05, 0.1) is 18.7 Å². The highest BCUT2D eigenvalue weighted by Crippen LogP contribution is 2.34. The first-order chi connectivity index (χ1) is 16.6. The monoisotopic (exact) mass is 481 g/mol. The maximum atomic E-state index is 13.0. The molecule has 9 nitrogen and oxygen atoms in total. The quantitative estimate of drug-likeness (QED) is 0.363. The summed E-state index contributed by atoms with van der Waals surface area (Å²) in [5.74, 6) is 0.954. The highest BCUT2D eigenvalue weighted by atomic mass is 32.1. The number of para-hydroxylation sites is 1. The summed E-state index contributed by atoms with van der Waals surface area (Å²) in [4.78, 5) is 31.3. The minimum Gasteiger partial charge on any atom is -0.493 e. The number of methoxy groups -OCH3 is 1. The molecule has 10 heteroatoms. The van der Waals surface area contributed by atoms with E-state index in [4.69, 9.17) is 23.4 Å². The first kappa shape index (κ1) is 22.1. The van der Waals surface area contributed by atoms with Gasteiger partial charge in [-0.25, -0.2) is 9.78 Å². The third-order valence-corrected chi connectivity index (χ3v) is 6.85. The van der Waals surface area contributed by atoms with Gasteiger partial charge in [-0.15, -0.1) is 11.3 Å². The Morgan fingerprint density at radius 2 is 2.06 bits per heavy atom. The van der Waals surface area contributed by atoms with Crippen molar-refractivity contribution in [3.05, 3.63) is 52.2 Å². The molecule has 1 aromatic carbocycles. The lowest BCUT2D eigenvalue weighted by molar-refractivity contribution is 0.0514. The smallest absolute Gasteiger partial charge is 0.360 e. The SMILES string of the molecule is CCOC(=O)c1cc(-c2csc(C3CCN(C(=O)c4cc5cccc(OC)c5o4)CC3)n2)on1. The topological polar surface area (TPSA) is 108 Å². The third-order valence-electron chi connectivity index (χ3n) is 5.84. The number of amides is 1. The van der Waals surface area contributed by atoms with Crippen LogP contribution in [0.15, 0.2) is 44.7 Å². The lowest BCUT2D eigenvalue weighted by Gasteiger charge is -2.30. The highest BCUT2D eigenvalue weighted by molar-refractivity contribution is 7.10. The minimum absolute atomic E-state index is 0.121. The predicted octanol–water partition coefficient (Wildman–Crippen LogP) is 4.75. The van der Waals surface area contributed by atoms with E-state index in [2.05, 4.69) is 5.16 Å². The van der Waals surface area contributed by atoms with Crippen LogP contribution in [0.4, 0.5) is 0 Å². The standard InChI is InChI=1S/C24H23N3O6S/c1-3-31-24(29)16-12-19(33-26-16)17-13-34-22(25-17)14-7-9-27(10-8-14)23(28)20-11-15-5-4-6-18(30-2)21(15)32-20/h4-6,11-14H,3,7-10H2,1-2H3. The van der Waals surface area contributed by atoms with Gasteiger partial charge in [-0.3, -0.25) is 4.79 Å². The zero-order chi connectivity index (χ0) is 23.7. The molecule has 1 fully saturated rings. The number of benzene rings is 1. The summed E-state index contributed by atoms with van der Waals surface area (Å²) in [6, 6.07) is 8.88. The van der Waals surface area contributed by atoms with Gasteiger partial charge >= 0.3 is 5.97 Å². The molecule has 1 amide bonds. The number of esters is 1. The fourth-order valence-corrected chi connectivity index (χ4v) is 5.05. The van der Waals surface area contributed by atoms with Gasteiger partial charge in [0.25, 0.3) is 5.91 Å². The van der Waals surface area contributed by atoms with Crippen molar-refractivity contribution in [1.82, 2.24) is 15.0 Å². The zero-order valence-electron chi connectivity index (χ0n) is 18.8. The van der Waals surface area contributed by atoms with Crippen LogP contribution in [0.2, 0.25) is 0 Å². The van der Waals surface area contributed by atoms with Crippen molar-refractivity contribution < 1.29 is 28.0 Å². The van der Waals surface area contributed by atoms with E-state index in [1.54, 1.807) is 37.5 Å². The Balaban J connectivity index is 1.23. The van der Waals surface area contributed by atoms with Crippen LogP contribution in [-0.2, 0) is 4.74 Å². The number of furan rings is 1. The molecule has 0 saturated carbocycles. The van der Waals surface area contributed by atoms with Crippen LogP contribution < -0.4 is 4.74 Å². The molecule has 3 aromatic heterocycles. The third kappa shape index (κ3) is 4.16. The average molecular weight is 482 g/mol. The van der Waals surface area contributed by atoms with E-state index >= 15 is 0 Å². The summed E-state index contributed by atoms with van der Waals surface area (Å²) in [7, 11) is 1.58. The molecule has 176 valence electrons. The van der Waals surface area contributed by atoms with Crippen molar-refractivity contribution in [2.75, 3.05) is 26.8 Å². The number of piperidine rings is 1. The van der Waals surface area contributed by atoms with Crippen molar-refractivity contribution in [1.29, 1.82) is 0 Å². The Labute approximate surface area is 199 Å². The maximum Gasteiger partial charge on any atom is 0.360 e. The van der Waals surface area contributed by atoms with Crippen molar-refractivity contribution in [3.63, 3.8) is 0 Å². The minimum atomic E-state index is -0.520. The first-order valence-electron chi connectivity index (χ1n) is 11.0. The van der Waals surface area contributed by atoms with Crippen LogP contribution >= 0.6 is 11.3 Å². The molecule has 1 aliphatic rings. The molecule has 5 rings (SSSR count). The van der Waals surface area contributed by atoms with Crippen molar-refractivity contribution >= 4 is 34.2 Å². The number of ether oxygens (including phenoxy) is 2. The van der Waals surface area contributed by atoms with Gasteiger partial charge in [0.1, 0.15) is 5.69 Å². The number of thiazole rings is 1. The van der Waals surface area contributed by atoms with Gasteiger partial charge in [0.2, 0.25) is 0 Å². The Bertz CT molecular complexity index is 1330. The molecule has 0 N–H and O–H groups in total. The lowest BCUT2D eigenvalue weighted by Crippen LogP contribution is -2.37. The number of aromatic nitrogens is 2. The van der Waals surface area contributed by atoms with Gasteiger partial charge in [0, 0.05) is 35.8 Å². The van der Waals surface area contributed by atoms with E-state index in [0.717, 1.165) is 23.2 Å². The second kappa shape index (κ2) is 9.30. The predicted molar refractivity (Wildman–Crippen MR) is 124 cm³/mol. The van der Waals surface area contributed by atoms with Crippen LogP contribution in [0.3, 0.4) is 0 Å². The fraction of sp³-hybridized carbons (Fsp3) is 0.333.